The maximum Gasteiger partial charge on any atom is 0.297 e. The van der Waals surface area contributed by atoms with Crippen LogP contribution >= 0.6 is 10.7 Å². The quantitative estimate of drug-likeness (QED) is 0.708. The zero-order chi connectivity index (χ0) is 11.4. The highest BCUT2D eigenvalue weighted by Gasteiger charge is 2.17. The maximum atomic E-state index is 10.8. The molecule has 4 nitrogen and oxygen atoms in total. The summed E-state index contributed by atoms with van der Waals surface area (Å²) in [5.41, 5.74) is 0. The molecule has 0 aliphatic rings. The third-order valence-electron chi connectivity index (χ3n) is 1.65. The molecule has 0 heterocycles. The molecular formula is C8H19ClN2O2S. The van der Waals surface area contributed by atoms with Gasteiger partial charge in [0.1, 0.15) is 0 Å². The average molecular weight is 243 g/mol. The Morgan fingerprint density at radius 3 is 2.14 bits per heavy atom. The van der Waals surface area contributed by atoms with Gasteiger partial charge in [-0.1, -0.05) is 13.8 Å². The fraction of sp³-hybridized carbons (Fsp3) is 1.00. The van der Waals surface area contributed by atoms with Crippen molar-refractivity contribution in [1.82, 2.24) is 9.62 Å². The summed E-state index contributed by atoms with van der Waals surface area (Å²) in [6.45, 7) is 4.75. The maximum absolute atomic E-state index is 10.8. The molecule has 0 rings (SSSR count). The number of nitrogens with one attached hydrogen (secondary N) is 1. The Hall–Kier alpha value is 0.160. The second-order valence-corrected chi connectivity index (χ2v) is 6.47. The monoisotopic (exact) mass is 242 g/mol. The van der Waals surface area contributed by atoms with Gasteiger partial charge in [-0.05, 0) is 26.4 Å². The van der Waals surface area contributed by atoms with Crippen molar-refractivity contribution in [2.45, 2.75) is 26.3 Å². The van der Waals surface area contributed by atoms with Gasteiger partial charge in [0, 0.05) is 23.3 Å². The molecule has 0 aliphatic carbocycles. The highest BCUT2D eigenvalue weighted by Crippen LogP contribution is 2.07. The van der Waals surface area contributed by atoms with E-state index in [2.05, 4.69) is 4.72 Å². The van der Waals surface area contributed by atoms with Crippen LogP contribution in [0.5, 0.6) is 0 Å². The Labute approximate surface area is 91.2 Å². The predicted octanol–water partition coefficient (Wildman–Crippen LogP) is 1.04. The number of rotatable bonds is 6. The van der Waals surface area contributed by atoms with E-state index in [9.17, 15) is 8.42 Å². The molecule has 0 aromatic heterocycles. The fourth-order valence-electron chi connectivity index (χ4n) is 1.37. The van der Waals surface area contributed by atoms with Crippen LogP contribution in [-0.4, -0.2) is 40.0 Å². The molecule has 0 bridgehead atoms. The highest BCUT2D eigenvalue weighted by molar-refractivity contribution is 8.12. The summed E-state index contributed by atoms with van der Waals surface area (Å²) in [5.74, 6) is 0.436. The van der Waals surface area contributed by atoms with Gasteiger partial charge in [0.15, 0.2) is 0 Å². The molecule has 0 saturated heterocycles. The summed E-state index contributed by atoms with van der Waals surface area (Å²) < 4.78 is 24.1. The molecule has 6 heteroatoms. The largest absolute Gasteiger partial charge is 0.308 e. The Morgan fingerprint density at radius 1 is 1.36 bits per heavy atom. The van der Waals surface area contributed by atoms with Gasteiger partial charge >= 0.3 is 0 Å². The lowest BCUT2D eigenvalue weighted by Crippen LogP contribution is -2.40. The van der Waals surface area contributed by atoms with E-state index in [-0.39, 0.29) is 6.04 Å². The van der Waals surface area contributed by atoms with Crippen molar-refractivity contribution in [3.63, 3.8) is 0 Å². The van der Waals surface area contributed by atoms with E-state index in [1.807, 2.05) is 32.8 Å². The SMILES string of the molecule is CC(C)CC(CN(C)C)NS(=O)(=O)Cl. The molecule has 0 aromatic rings. The minimum absolute atomic E-state index is 0.118. The Morgan fingerprint density at radius 2 is 1.86 bits per heavy atom. The van der Waals surface area contributed by atoms with Crippen LogP contribution in [0.4, 0.5) is 0 Å². The van der Waals surface area contributed by atoms with Crippen LogP contribution in [0.3, 0.4) is 0 Å². The smallest absolute Gasteiger partial charge is 0.297 e. The molecule has 0 spiro atoms. The van der Waals surface area contributed by atoms with Crippen LogP contribution in [0, 0.1) is 5.92 Å². The number of halogens is 1. The predicted molar refractivity (Wildman–Crippen MR) is 59.7 cm³/mol. The standard InChI is InChI=1S/C8H19ClN2O2S/c1-7(2)5-8(6-11(3)4)10-14(9,12)13/h7-8,10H,5-6H2,1-4H3. The van der Waals surface area contributed by atoms with Gasteiger partial charge in [0.2, 0.25) is 0 Å². The van der Waals surface area contributed by atoms with E-state index < -0.39 is 9.24 Å². The lowest BCUT2D eigenvalue weighted by molar-refractivity contribution is 0.330. The van der Waals surface area contributed by atoms with Crippen LogP contribution in [-0.2, 0) is 9.24 Å². The molecule has 1 unspecified atom stereocenters. The van der Waals surface area contributed by atoms with Crippen molar-refractivity contribution in [2.24, 2.45) is 5.92 Å². The molecular weight excluding hydrogens is 224 g/mol. The molecule has 0 aliphatic heterocycles. The summed E-state index contributed by atoms with van der Waals surface area (Å²) in [6.07, 6.45) is 0.782. The van der Waals surface area contributed by atoms with Gasteiger partial charge in [-0.3, -0.25) is 0 Å². The first kappa shape index (κ1) is 14.2. The van der Waals surface area contributed by atoms with Crippen LogP contribution in [0.2, 0.25) is 0 Å². The first-order valence-electron chi connectivity index (χ1n) is 4.57. The molecule has 1 atom stereocenters. The van der Waals surface area contributed by atoms with Gasteiger partial charge in [-0.2, -0.15) is 13.1 Å². The zero-order valence-corrected chi connectivity index (χ0v) is 10.7. The third kappa shape index (κ3) is 8.74. The lowest BCUT2D eigenvalue weighted by atomic mass is 10.0. The van der Waals surface area contributed by atoms with Crippen molar-refractivity contribution in [3.8, 4) is 0 Å². The molecule has 14 heavy (non-hydrogen) atoms. The number of hydrogen-bond donors (Lipinski definition) is 1. The van der Waals surface area contributed by atoms with Crippen molar-refractivity contribution in [3.05, 3.63) is 0 Å². The fourth-order valence-corrected chi connectivity index (χ4v) is 2.32. The van der Waals surface area contributed by atoms with Crippen LogP contribution < -0.4 is 4.72 Å². The molecule has 0 saturated carbocycles. The van der Waals surface area contributed by atoms with Gasteiger partial charge in [-0.25, -0.2) is 0 Å². The molecule has 0 radical (unpaired) electrons. The van der Waals surface area contributed by atoms with Crippen LogP contribution in [0.15, 0.2) is 0 Å². The van der Waals surface area contributed by atoms with Gasteiger partial charge < -0.3 is 4.90 Å². The van der Waals surface area contributed by atoms with Crippen molar-refractivity contribution < 1.29 is 8.42 Å². The Bertz CT molecular complexity index is 242. The summed E-state index contributed by atoms with van der Waals surface area (Å²) >= 11 is 0. The minimum Gasteiger partial charge on any atom is -0.308 e. The van der Waals surface area contributed by atoms with Crippen molar-refractivity contribution in [2.75, 3.05) is 20.6 Å². The Balaban J connectivity index is 4.25. The van der Waals surface area contributed by atoms with Gasteiger partial charge in [-0.15, -0.1) is 0 Å². The minimum atomic E-state index is -3.62. The number of hydrogen-bond acceptors (Lipinski definition) is 3. The zero-order valence-electron chi connectivity index (χ0n) is 9.12. The van der Waals surface area contributed by atoms with Crippen molar-refractivity contribution >= 4 is 19.9 Å². The first-order valence-corrected chi connectivity index (χ1v) is 6.88. The molecule has 0 aromatic carbocycles. The van der Waals surface area contributed by atoms with E-state index in [1.54, 1.807) is 0 Å². The van der Waals surface area contributed by atoms with E-state index in [0.717, 1.165) is 6.42 Å². The molecule has 0 amide bonds. The topological polar surface area (TPSA) is 49.4 Å². The highest BCUT2D eigenvalue weighted by atomic mass is 35.7. The number of nitrogens with zero attached hydrogens (tertiary/aromatic N) is 1. The van der Waals surface area contributed by atoms with E-state index in [0.29, 0.717) is 12.5 Å². The van der Waals surface area contributed by atoms with Crippen molar-refractivity contribution in [1.29, 1.82) is 0 Å². The number of likely N-dealkylation sites (N-methyl/N-ethyl adjacent to an activating group) is 1. The van der Waals surface area contributed by atoms with Gasteiger partial charge in [0.25, 0.3) is 9.24 Å². The summed E-state index contributed by atoms with van der Waals surface area (Å²) in [5, 5.41) is 0. The molecule has 0 fully saturated rings. The first-order chi connectivity index (χ1) is 6.20. The van der Waals surface area contributed by atoms with E-state index >= 15 is 0 Å². The summed E-state index contributed by atoms with van der Waals surface area (Å²) in [7, 11) is 5.32. The van der Waals surface area contributed by atoms with Gasteiger partial charge in [0.05, 0.1) is 0 Å². The van der Waals surface area contributed by atoms with Crippen LogP contribution in [0.1, 0.15) is 20.3 Å². The summed E-state index contributed by atoms with van der Waals surface area (Å²) in [6, 6.07) is -0.118. The normalized spacial score (nSPS) is 15.1. The molecule has 86 valence electrons. The Kier molecular flexibility index (Phi) is 5.97. The lowest BCUT2D eigenvalue weighted by Gasteiger charge is -2.22. The van der Waals surface area contributed by atoms with Crippen LogP contribution in [0.25, 0.3) is 0 Å². The van der Waals surface area contributed by atoms with E-state index in [4.69, 9.17) is 10.7 Å². The average Bonchev–Trinajstić information content (AvgIpc) is 1.77. The summed E-state index contributed by atoms with van der Waals surface area (Å²) in [4.78, 5) is 1.93. The third-order valence-corrected chi connectivity index (χ3v) is 2.53. The molecule has 1 N–H and O–H groups in total. The second-order valence-electron chi connectivity index (χ2n) is 4.14. The van der Waals surface area contributed by atoms with E-state index in [1.165, 1.54) is 0 Å². The second kappa shape index (κ2) is 5.90.